The second kappa shape index (κ2) is 9.24. The van der Waals surface area contributed by atoms with Gasteiger partial charge in [0.1, 0.15) is 0 Å². The van der Waals surface area contributed by atoms with Gasteiger partial charge in [-0.3, -0.25) is 4.79 Å². The van der Waals surface area contributed by atoms with E-state index in [-0.39, 0.29) is 17.8 Å². The molecule has 3 aromatic rings. The summed E-state index contributed by atoms with van der Waals surface area (Å²) < 4.78 is 5.69. The van der Waals surface area contributed by atoms with Crippen LogP contribution < -0.4 is 11.5 Å². The van der Waals surface area contributed by atoms with Crippen LogP contribution in [0.3, 0.4) is 0 Å². The monoisotopic (exact) mass is 416 g/mol. The standard InChI is InChI=1S/C23H24N6O2/c1-14(8-9-24)29(3)23(30)19-11-17(20-7-5-4-6-16(20)13-25)10-18(12-19)22-28-27-21(31-22)15(2)26/h4-12,14-15H,24,26H2,1-3H3/b9-8+/t14-,15?/m1/s1. The van der Waals surface area contributed by atoms with Crippen LogP contribution in [0.1, 0.15) is 41.7 Å². The lowest BCUT2D eigenvalue weighted by molar-refractivity contribution is 0.0769. The molecule has 0 bridgehead atoms. The molecule has 4 N–H and O–H groups in total. The number of likely N-dealkylation sites (N-methyl/N-ethyl adjacent to an activating group) is 1. The third-order valence-electron chi connectivity index (χ3n) is 4.94. The summed E-state index contributed by atoms with van der Waals surface area (Å²) in [7, 11) is 1.70. The average Bonchev–Trinajstić information content (AvgIpc) is 3.28. The van der Waals surface area contributed by atoms with E-state index in [1.807, 2.05) is 25.1 Å². The van der Waals surface area contributed by atoms with Gasteiger partial charge in [-0.15, -0.1) is 10.2 Å². The summed E-state index contributed by atoms with van der Waals surface area (Å²) in [5.41, 5.74) is 14.2. The maximum absolute atomic E-state index is 13.2. The number of carbonyl (C=O) groups is 1. The van der Waals surface area contributed by atoms with Gasteiger partial charge in [0.25, 0.3) is 5.91 Å². The Morgan fingerprint density at radius 2 is 1.90 bits per heavy atom. The highest BCUT2D eigenvalue weighted by Gasteiger charge is 2.20. The molecule has 0 saturated heterocycles. The van der Waals surface area contributed by atoms with E-state index in [9.17, 15) is 10.1 Å². The predicted molar refractivity (Wildman–Crippen MR) is 117 cm³/mol. The van der Waals surface area contributed by atoms with Crippen LogP contribution in [0.5, 0.6) is 0 Å². The molecule has 2 aromatic carbocycles. The molecule has 0 aliphatic rings. The van der Waals surface area contributed by atoms with Crippen molar-refractivity contribution in [3.05, 3.63) is 71.8 Å². The number of hydrogen-bond acceptors (Lipinski definition) is 7. The first-order chi connectivity index (χ1) is 14.8. The van der Waals surface area contributed by atoms with Crippen molar-refractivity contribution in [1.82, 2.24) is 15.1 Å². The third-order valence-corrected chi connectivity index (χ3v) is 4.94. The first-order valence-electron chi connectivity index (χ1n) is 9.75. The Morgan fingerprint density at radius 1 is 1.19 bits per heavy atom. The van der Waals surface area contributed by atoms with Crippen molar-refractivity contribution in [2.45, 2.75) is 25.9 Å². The number of nitrogens with two attached hydrogens (primary N) is 2. The molecular formula is C23H24N6O2. The molecule has 0 aliphatic carbocycles. The zero-order valence-electron chi connectivity index (χ0n) is 17.6. The van der Waals surface area contributed by atoms with Crippen molar-refractivity contribution in [3.63, 3.8) is 0 Å². The molecule has 0 radical (unpaired) electrons. The average molecular weight is 416 g/mol. The van der Waals surface area contributed by atoms with Gasteiger partial charge < -0.3 is 20.8 Å². The predicted octanol–water partition coefficient (Wildman–Crippen LogP) is 3.23. The molecule has 0 saturated carbocycles. The summed E-state index contributed by atoms with van der Waals surface area (Å²) in [5, 5.41) is 17.6. The van der Waals surface area contributed by atoms with E-state index in [4.69, 9.17) is 15.9 Å². The van der Waals surface area contributed by atoms with Crippen molar-refractivity contribution in [2.24, 2.45) is 11.5 Å². The van der Waals surface area contributed by atoms with Crippen LogP contribution in [0.15, 0.2) is 59.2 Å². The molecule has 31 heavy (non-hydrogen) atoms. The fraction of sp³-hybridized carbons (Fsp3) is 0.217. The zero-order valence-corrected chi connectivity index (χ0v) is 17.6. The molecule has 0 fully saturated rings. The van der Waals surface area contributed by atoms with Gasteiger partial charge in [0.2, 0.25) is 11.8 Å². The first-order valence-corrected chi connectivity index (χ1v) is 9.75. The fourth-order valence-electron chi connectivity index (χ4n) is 3.08. The Kier molecular flexibility index (Phi) is 6.48. The quantitative estimate of drug-likeness (QED) is 0.630. The minimum atomic E-state index is -0.417. The number of rotatable bonds is 6. The Morgan fingerprint density at radius 3 is 2.55 bits per heavy atom. The molecule has 0 aliphatic heterocycles. The molecule has 2 atom stereocenters. The van der Waals surface area contributed by atoms with Crippen LogP contribution >= 0.6 is 0 Å². The molecule has 8 heteroatoms. The molecule has 3 rings (SSSR count). The molecule has 1 unspecified atom stereocenters. The number of nitriles is 1. The van der Waals surface area contributed by atoms with Crippen LogP contribution in [0.25, 0.3) is 22.6 Å². The van der Waals surface area contributed by atoms with Gasteiger partial charge in [-0.25, -0.2) is 0 Å². The van der Waals surface area contributed by atoms with Crippen molar-refractivity contribution in [3.8, 4) is 28.7 Å². The van der Waals surface area contributed by atoms with Crippen molar-refractivity contribution in [2.75, 3.05) is 7.05 Å². The van der Waals surface area contributed by atoms with Gasteiger partial charge in [-0.2, -0.15) is 5.26 Å². The number of benzene rings is 2. The first kappa shape index (κ1) is 21.7. The van der Waals surface area contributed by atoms with Crippen LogP contribution in [0.2, 0.25) is 0 Å². The van der Waals surface area contributed by atoms with E-state index >= 15 is 0 Å². The molecule has 1 amide bonds. The summed E-state index contributed by atoms with van der Waals surface area (Å²) in [4.78, 5) is 14.8. The number of carbonyl (C=O) groups excluding carboxylic acids is 1. The second-order valence-corrected chi connectivity index (χ2v) is 7.23. The number of amides is 1. The number of hydrogen-bond donors (Lipinski definition) is 2. The van der Waals surface area contributed by atoms with Crippen molar-refractivity contribution in [1.29, 1.82) is 5.26 Å². The normalized spacial score (nSPS) is 13.0. The van der Waals surface area contributed by atoms with E-state index in [0.717, 1.165) is 0 Å². The van der Waals surface area contributed by atoms with Gasteiger partial charge in [-0.1, -0.05) is 18.2 Å². The highest BCUT2D eigenvalue weighted by atomic mass is 16.4. The zero-order chi connectivity index (χ0) is 22.5. The van der Waals surface area contributed by atoms with Gasteiger partial charge in [-0.05, 0) is 61.5 Å². The maximum atomic E-state index is 13.2. The molecule has 1 aromatic heterocycles. The Hall–Kier alpha value is -3.96. The smallest absolute Gasteiger partial charge is 0.254 e. The third kappa shape index (κ3) is 4.63. The Balaban J connectivity index is 2.16. The largest absolute Gasteiger partial charge is 0.419 e. The molecule has 0 spiro atoms. The summed E-state index contributed by atoms with van der Waals surface area (Å²) in [6, 6.07) is 14.0. The molecule has 158 valence electrons. The van der Waals surface area contributed by atoms with Crippen molar-refractivity contribution < 1.29 is 9.21 Å². The van der Waals surface area contributed by atoms with E-state index in [0.29, 0.717) is 33.7 Å². The van der Waals surface area contributed by atoms with Crippen LogP contribution in [-0.2, 0) is 0 Å². The highest BCUT2D eigenvalue weighted by Crippen LogP contribution is 2.31. The van der Waals surface area contributed by atoms with Gasteiger partial charge in [0.15, 0.2) is 0 Å². The van der Waals surface area contributed by atoms with Gasteiger partial charge >= 0.3 is 0 Å². The molecule has 1 heterocycles. The van der Waals surface area contributed by atoms with Crippen LogP contribution in [0, 0.1) is 11.3 Å². The summed E-state index contributed by atoms with van der Waals surface area (Å²) in [6.07, 6.45) is 3.13. The SMILES string of the molecule is CC(N)c1nnc(-c2cc(C(=O)N(C)[C@H](C)/C=C/N)cc(-c3ccccc3C#N)c2)o1. The van der Waals surface area contributed by atoms with Crippen LogP contribution in [0.4, 0.5) is 0 Å². The number of aromatic nitrogens is 2. The summed E-state index contributed by atoms with van der Waals surface area (Å²) >= 11 is 0. The van der Waals surface area contributed by atoms with Gasteiger partial charge in [0, 0.05) is 24.2 Å². The molecular weight excluding hydrogens is 392 g/mol. The van der Waals surface area contributed by atoms with E-state index in [1.165, 1.54) is 6.20 Å². The van der Waals surface area contributed by atoms with E-state index < -0.39 is 6.04 Å². The van der Waals surface area contributed by atoms with Crippen LogP contribution in [-0.4, -0.2) is 34.1 Å². The lowest BCUT2D eigenvalue weighted by Crippen LogP contribution is -2.34. The highest BCUT2D eigenvalue weighted by molar-refractivity contribution is 5.97. The van der Waals surface area contributed by atoms with Gasteiger partial charge in [0.05, 0.1) is 17.7 Å². The lowest BCUT2D eigenvalue weighted by Gasteiger charge is -2.23. The second-order valence-electron chi connectivity index (χ2n) is 7.23. The van der Waals surface area contributed by atoms with E-state index in [1.54, 1.807) is 49.2 Å². The lowest BCUT2D eigenvalue weighted by atomic mass is 9.95. The molecule has 8 nitrogen and oxygen atoms in total. The Labute approximate surface area is 180 Å². The minimum absolute atomic E-state index is 0.205. The van der Waals surface area contributed by atoms with E-state index in [2.05, 4.69) is 16.3 Å². The van der Waals surface area contributed by atoms with Crippen molar-refractivity contribution >= 4 is 5.91 Å². The fourth-order valence-corrected chi connectivity index (χ4v) is 3.08. The minimum Gasteiger partial charge on any atom is -0.419 e. The topological polar surface area (TPSA) is 135 Å². The summed E-state index contributed by atoms with van der Waals surface area (Å²) in [5.74, 6) is 0.329. The number of nitrogens with zero attached hydrogens (tertiary/aromatic N) is 4. The maximum Gasteiger partial charge on any atom is 0.254 e. The summed E-state index contributed by atoms with van der Waals surface area (Å²) in [6.45, 7) is 3.61. The Bertz CT molecular complexity index is 1160.